The van der Waals surface area contributed by atoms with Crippen molar-refractivity contribution in [3.63, 3.8) is 0 Å². The van der Waals surface area contributed by atoms with Crippen molar-refractivity contribution in [3.05, 3.63) is 57.5 Å². The van der Waals surface area contributed by atoms with Crippen molar-refractivity contribution in [2.75, 3.05) is 5.32 Å². The van der Waals surface area contributed by atoms with Gasteiger partial charge in [-0.25, -0.2) is 9.37 Å². The smallest absolute Gasteiger partial charge is 0.280 e. The molecule has 11 heteroatoms. The van der Waals surface area contributed by atoms with Crippen LogP contribution in [0.4, 0.5) is 10.2 Å². The van der Waals surface area contributed by atoms with E-state index in [0.29, 0.717) is 0 Å². The van der Waals surface area contributed by atoms with Crippen LogP contribution in [0.15, 0.2) is 29.2 Å². The van der Waals surface area contributed by atoms with E-state index in [0.717, 1.165) is 16.8 Å². The molecule has 0 radical (unpaired) electrons. The molecule has 0 atom stereocenters. The van der Waals surface area contributed by atoms with Crippen molar-refractivity contribution in [2.45, 2.75) is 33.0 Å². The zero-order chi connectivity index (χ0) is 21.6. The maximum Gasteiger partial charge on any atom is 0.280 e. The second-order valence-electron chi connectivity index (χ2n) is 7.07. The van der Waals surface area contributed by atoms with Crippen molar-refractivity contribution in [3.8, 4) is 6.07 Å². The lowest BCUT2D eigenvalue weighted by atomic mass is 10.2. The van der Waals surface area contributed by atoms with Gasteiger partial charge >= 0.3 is 0 Å². The number of carbonyl (C=O) groups excluding carboxylic acids is 2. The van der Waals surface area contributed by atoms with Gasteiger partial charge < -0.3 is 14.8 Å². The third kappa shape index (κ3) is 3.08. The van der Waals surface area contributed by atoms with Gasteiger partial charge in [0.15, 0.2) is 5.69 Å². The van der Waals surface area contributed by atoms with E-state index in [2.05, 4.69) is 15.4 Å². The van der Waals surface area contributed by atoms with Crippen LogP contribution in [0.25, 0.3) is 5.65 Å². The van der Waals surface area contributed by atoms with Gasteiger partial charge in [-0.1, -0.05) is 0 Å². The fraction of sp³-hybridized carbons (Fsp3) is 0.263. The summed E-state index contributed by atoms with van der Waals surface area (Å²) in [6.07, 6.45) is 0.963. The van der Waals surface area contributed by atoms with E-state index >= 15 is 0 Å². The number of nitriles is 1. The fourth-order valence-corrected chi connectivity index (χ4v) is 3.39. The summed E-state index contributed by atoms with van der Waals surface area (Å²) in [5.74, 6) is -1.34. The number of pyridine rings is 1. The molecular formula is C19H16FN7O3. The molecule has 152 valence electrons. The Bertz CT molecular complexity index is 1280. The molecule has 3 aromatic heterocycles. The Morgan fingerprint density at radius 2 is 2.13 bits per heavy atom. The lowest BCUT2D eigenvalue weighted by Crippen LogP contribution is -2.32. The summed E-state index contributed by atoms with van der Waals surface area (Å²) in [7, 11) is 0. The molecule has 0 bridgehead atoms. The summed E-state index contributed by atoms with van der Waals surface area (Å²) >= 11 is 0. The van der Waals surface area contributed by atoms with Crippen molar-refractivity contribution < 1.29 is 14.0 Å². The van der Waals surface area contributed by atoms with Gasteiger partial charge in [-0.2, -0.15) is 14.9 Å². The molecule has 3 aromatic rings. The maximum atomic E-state index is 13.0. The Kier molecular flexibility index (Phi) is 4.54. The highest BCUT2D eigenvalue weighted by atomic mass is 19.1. The molecule has 4 heterocycles. The summed E-state index contributed by atoms with van der Waals surface area (Å²) in [5.41, 5.74) is -0.0704. The molecule has 0 unspecified atom stereocenters. The summed E-state index contributed by atoms with van der Waals surface area (Å²) in [6, 6.07) is 5.50. The van der Waals surface area contributed by atoms with E-state index in [1.807, 2.05) is 19.9 Å². The second-order valence-corrected chi connectivity index (χ2v) is 7.07. The molecule has 0 fully saturated rings. The number of aromatic nitrogens is 4. The zero-order valence-electron chi connectivity index (χ0n) is 16.1. The van der Waals surface area contributed by atoms with E-state index in [4.69, 9.17) is 5.26 Å². The number of fused-ring (bicyclic) bond motifs is 2. The number of nitrogens with one attached hydrogen (secondary N) is 1. The van der Waals surface area contributed by atoms with Crippen LogP contribution in [0, 0.1) is 17.1 Å². The Balaban J connectivity index is 1.81. The van der Waals surface area contributed by atoms with E-state index in [1.54, 1.807) is 0 Å². The first-order chi connectivity index (χ1) is 14.3. The predicted octanol–water partition coefficient (Wildman–Crippen LogP) is 0.905. The van der Waals surface area contributed by atoms with Crippen LogP contribution >= 0.6 is 0 Å². The van der Waals surface area contributed by atoms with E-state index in [9.17, 15) is 18.8 Å². The minimum absolute atomic E-state index is 0.0155. The summed E-state index contributed by atoms with van der Waals surface area (Å²) in [5, 5.41) is 15.7. The lowest BCUT2D eigenvalue weighted by molar-refractivity contribution is -0.116. The van der Waals surface area contributed by atoms with E-state index in [-0.39, 0.29) is 53.5 Å². The minimum Gasteiger partial charge on any atom is -0.330 e. The number of hydrogen-bond donors (Lipinski definition) is 1. The van der Waals surface area contributed by atoms with Crippen molar-refractivity contribution in [2.24, 2.45) is 0 Å². The largest absolute Gasteiger partial charge is 0.330 e. The van der Waals surface area contributed by atoms with Crippen molar-refractivity contribution in [1.82, 2.24) is 24.1 Å². The number of rotatable bonds is 4. The Hall–Kier alpha value is -4.07. The maximum absolute atomic E-state index is 13.0. The molecule has 0 saturated carbocycles. The minimum atomic E-state index is -0.546. The van der Waals surface area contributed by atoms with Crippen LogP contribution in [0.1, 0.15) is 35.6 Å². The van der Waals surface area contributed by atoms with Crippen LogP contribution in [-0.4, -0.2) is 41.9 Å². The molecule has 10 nitrogen and oxygen atoms in total. The molecule has 4 rings (SSSR count). The first-order valence-electron chi connectivity index (χ1n) is 9.08. The van der Waals surface area contributed by atoms with Crippen LogP contribution in [-0.2, 0) is 17.9 Å². The number of anilines is 1. The number of halogens is 1. The Morgan fingerprint density at radius 1 is 1.37 bits per heavy atom. The predicted molar refractivity (Wildman–Crippen MR) is 102 cm³/mol. The normalized spacial score (nSPS) is 13.0. The topological polar surface area (TPSA) is 125 Å². The third-order valence-corrected chi connectivity index (χ3v) is 4.80. The molecule has 1 N–H and O–H groups in total. The van der Waals surface area contributed by atoms with Gasteiger partial charge in [0.05, 0.1) is 18.3 Å². The Labute approximate surface area is 169 Å². The van der Waals surface area contributed by atoms with Gasteiger partial charge in [0.2, 0.25) is 5.91 Å². The summed E-state index contributed by atoms with van der Waals surface area (Å²) in [6.45, 7) is 3.40. The van der Waals surface area contributed by atoms with Crippen LogP contribution in [0.2, 0.25) is 0 Å². The van der Waals surface area contributed by atoms with Gasteiger partial charge in [0.25, 0.3) is 11.5 Å². The highest BCUT2D eigenvalue weighted by Crippen LogP contribution is 2.24. The third-order valence-electron chi connectivity index (χ3n) is 4.80. The summed E-state index contributed by atoms with van der Waals surface area (Å²) in [4.78, 5) is 43.8. The summed E-state index contributed by atoms with van der Waals surface area (Å²) < 4.78 is 15.4. The highest BCUT2D eigenvalue weighted by Gasteiger charge is 2.36. The van der Waals surface area contributed by atoms with Gasteiger partial charge in [-0.15, -0.1) is 0 Å². The molecule has 0 aromatic carbocycles. The van der Waals surface area contributed by atoms with Gasteiger partial charge in [0.1, 0.15) is 35.6 Å². The first kappa shape index (κ1) is 19.3. The lowest BCUT2D eigenvalue weighted by Gasteiger charge is -2.20. The standard InChI is InChI=1S/C19H16FN7O3/c1-10(2)25-8-13-17(19(25)30)26(16-5-12(6-21)24-27(16)18(13)29)9-15(28)23-14-4-3-11(20)7-22-14/h3-5,7,10H,8-9H2,1-2H3,(H,22,23,28). The first-order valence-corrected chi connectivity index (χ1v) is 9.08. The van der Waals surface area contributed by atoms with Gasteiger partial charge in [-0.3, -0.25) is 14.4 Å². The molecule has 0 spiro atoms. The molecule has 2 amide bonds. The number of amides is 2. The molecule has 30 heavy (non-hydrogen) atoms. The van der Waals surface area contributed by atoms with Gasteiger partial charge in [-0.05, 0) is 26.0 Å². The molecule has 0 aliphatic carbocycles. The van der Waals surface area contributed by atoms with E-state index < -0.39 is 17.3 Å². The molecule has 0 saturated heterocycles. The molecule has 1 aliphatic heterocycles. The quantitative estimate of drug-likeness (QED) is 0.683. The van der Waals surface area contributed by atoms with Gasteiger partial charge in [0, 0.05) is 12.1 Å². The number of nitrogens with zero attached hydrogens (tertiary/aromatic N) is 6. The van der Waals surface area contributed by atoms with Crippen LogP contribution < -0.4 is 10.9 Å². The van der Waals surface area contributed by atoms with Crippen LogP contribution in [0.3, 0.4) is 0 Å². The average Bonchev–Trinajstić information content (AvgIpc) is 3.29. The Morgan fingerprint density at radius 3 is 2.77 bits per heavy atom. The second kappa shape index (κ2) is 7.07. The number of carbonyl (C=O) groups is 2. The highest BCUT2D eigenvalue weighted by molar-refractivity contribution is 5.98. The monoisotopic (exact) mass is 409 g/mol. The molecular weight excluding hydrogens is 393 g/mol. The fourth-order valence-electron chi connectivity index (χ4n) is 3.39. The van der Waals surface area contributed by atoms with E-state index in [1.165, 1.54) is 21.6 Å². The SMILES string of the molecule is CC(C)N1Cc2c(n(CC(=O)Nc3ccc(F)cn3)c3cc(C#N)nn3c2=O)C1=O. The zero-order valence-corrected chi connectivity index (χ0v) is 16.1. The van der Waals surface area contributed by atoms with Crippen molar-refractivity contribution in [1.29, 1.82) is 5.26 Å². The average molecular weight is 409 g/mol. The number of hydrogen-bond acceptors (Lipinski definition) is 6. The molecule has 1 aliphatic rings. The van der Waals surface area contributed by atoms with Crippen molar-refractivity contribution >= 4 is 23.3 Å². The van der Waals surface area contributed by atoms with Crippen LogP contribution in [0.5, 0.6) is 0 Å².